The van der Waals surface area contributed by atoms with Gasteiger partial charge in [-0.25, -0.2) is 9.78 Å². The number of benzene rings is 2. The van der Waals surface area contributed by atoms with Gasteiger partial charge < -0.3 is 25.4 Å². The maximum Gasteiger partial charge on any atom is 0.319 e. The number of nitrogens with one attached hydrogen (secondary N) is 3. The van der Waals surface area contributed by atoms with Gasteiger partial charge in [-0.15, -0.1) is 0 Å². The Bertz CT molecular complexity index is 1350. The van der Waals surface area contributed by atoms with Crippen molar-refractivity contribution in [1.29, 1.82) is 0 Å². The second-order valence-corrected chi connectivity index (χ2v) is 9.67. The number of urea groups is 1. The van der Waals surface area contributed by atoms with Gasteiger partial charge in [0.2, 0.25) is 5.91 Å². The van der Waals surface area contributed by atoms with E-state index in [0.29, 0.717) is 40.9 Å². The minimum absolute atomic E-state index is 0.0448. The SMILES string of the molecule is O=C1CCc2c(Oc3ccc4c(c3)[C@@H]3C(O4)[C@H]3NC(=O)Nc3ccc(Br)cc3Cl)ccnc2N1. The van der Waals surface area contributed by atoms with Crippen LogP contribution < -0.4 is 25.4 Å². The molecule has 10 heteroatoms. The first kappa shape index (κ1) is 21.2. The minimum atomic E-state index is -0.341. The van der Waals surface area contributed by atoms with Gasteiger partial charge in [0.15, 0.2) is 0 Å². The zero-order valence-electron chi connectivity index (χ0n) is 17.6. The van der Waals surface area contributed by atoms with Crippen LogP contribution in [0.1, 0.15) is 23.5 Å². The highest BCUT2D eigenvalue weighted by molar-refractivity contribution is 9.10. The third-order valence-electron chi connectivity index (χ3n) is 6.13. The maximum atomic E-state index is 12.5. The summed E-state index contributed by atoms with van der Waals surface area (Å²) in [5.74, 6) is 2.66. The summed E-state index contributed by atoms with van der Waals surface area (Å²) in [6.07, 6.45) is 2.48. The van der Waals surface area contributed by atoms with E-state index in [0.717, 1.165) is 21.3 Å². The van der Waals surface area contributed by atoms with Crippen LogP contribution in [0.2, 0.25) is 5.02 Å². The van der Waals surface area contributed by atoms with Crippen LogP contribution in [0.4, 0.5) is 16.3 Å². The number of hydrogen-bond donors (Lipinski definition) is 3. The molecule has 1 aromatic heterocycles. The molecule has 2 aromatic carbocycles. The van der Waals surface area contributed by atoms with Crippen LogP contribution >= 0.6 is 27.5 Å². The van der Waals surface area contributed by atoms with Crippen LogP contribution in [0, 0.1) is 0 Å². The van der Waals surface area contributed by atoms with E-state index in [4.69, 9.17) is 21.1 Å². The predicted octanol–water partition coefficient (Wildman–Crippen LogP) is 5.22. The van der Waals surface area contributed by atoms with Crippen molar-refractivity contribution in [2.45, 2.75) is 30.9 Å². The number of amides is 3. The molecule has 0 saturated heterocycles. The van der Waals surface area contributed by atoms with Crippen molar-refractivity contribution in [1.82, 2.24) is 10.3 Å². The van der Waals surface area contributed by atoms with E-state index in [1.165, 1.54) is 0 Å². The molecule has 1 unspecified atom stereocenters. The predicted molar refractivity (Wildman–Crippen MR) is 130 cm³/mol. The molecule has 1 aliphatic carbocycles. The molecule has 0 radical (unpaired) electrons. The average molecular weight is 542 g/mol. The van der Waals surface area contributed by atoms with Crippen molar-refractivity contribution in [2.24, 2.45) is 0 Å². The van der Waals surface area contributed by atoms with Crippen molar-refractivity contribution >= 4 is 51.0 Å². The topological polar surface area (TPSA) is 102 Å². The number of aromatic nitrogens is 1. The first-order valence-corrected chi connectivity index (χ1v) is 11.9. The number of rotatable bonds is 4. The number of anilines is 2. The van der Waals surface area contributed by atoms with Gasteiger partial charge in [0.1, 0.15) is 29.2 Å². The van der Waals surface area contributed by atoms with Gasteiger partial charge in [0.25, 0.3) is 0 Å². The van der Waals surface area contributed by atoms with E-state index < -0.39 is 0 Å². The quantitative estimate of drug-likeness (QED) is 0.420. The van der Waals surface area contributed by atoms with Crippen LogP contribution in [-0.2, 0) is 11.2 Å². The zero-order chi connectivity index (χ0) is 23.4. The zero-order valence-corrected chi connectivity index (χ0v) is 19.9. The third kappa shape index (κ3) is 3.84. The van der Waals surface area contributed by atoms with Gasteiger partial charge >= 0.3 is 6.03 Å². The summed E-state index contributed by atoms with van der Waals surface area (Å²) in [4.78, 5) is 28.4. The Morgan fingerprint density at radius 3 is 2.94 bits per heavy atom. The van der Waals surface area contributed by atoms with Gasteiger partial charge in [-0.2, -0.15) is 0 Å². The van der Waals surface area contributed by atoms with Crippen LogP contribution in [0.3, 0.4) is 0 Å². The molecular weight excluding hydrogens is 524 g/mol. The summed E-state index contributed by atoms with van der Waals surface area (Å²) in [5.41, 5.74) is 2.40. The molecule has 1 fully saturated rings. The number of carbonyl (C=O) groups is 2. The summed E-state index contributed by atoms with van der Waals surface area (Å²) >= 11 is 9.54. The monoisotopic (exact) mass is 540 g/mol. The van der Waals surface area contributed by atoms with E-state index in [1.54, 1.807) is 24.4 Å². The van der Waals surface area contributed by atoms with Crippen LogP contribution in [0.25, 0.3) is 0 Å². The molecule has 3 amide bonds. The Balaban J connectivity index is 1.15. The van der Waals surface area contributed by atoms with Gasteiger partial charge in [-0.05, 0) is 48.9 Å². The van der Waals surface area contributed by atoms with Crippen molar-refractivity contribution in [2.75, 3.05) is 10.6 Å². The molecule has 0 spiro atoms. The van der Waals surface area contributed by atoms with E-state index >= 15 is 0 Å². The Labute approximate surface area is 208 Å². The molecule has 34 heavy (non-hydrogen) atoms. The molecule has 3 heterocycles. The molecule has 8 nitrogen and oxygen atoms in total. The maximum absolute atomic E-state index is 12.5. The Kier molecular flexibility index (Phi) is 5.11. The summed E-state index contributed by atoms with van der Waals surface area (Å²) in [7, 11) is 0. The fraction of sp³-hybridized carbons (Fsp3) is 0.208. The second-order valence-electron chi connectivity index (χ2n) is 8.34. The first-order valence-electron chi connectivity index (χ1n) is 10.7. The molecule has 3 atom stereocenters. The van der Waals surface area contributed by atoms with Gasteiger partial charge in [0, 0.05) is 28.2 Å². The standard InChI is InChI=1S/C24H18BrClN4O4/c25-11-1-4-16(15(26)9-11)28-24(32)30-21-20-14-10-12(2-5-17(14)34-22(20)21)33-18-7-8-27-23-13(18)3-6-19(31)29-23/h1-2,4-5,7-10,20-22H,3,6H2,(H,27,29,31)(H2,28,30,32)/t20-,21-,22?/m0/s1. The normalized spacial score (nSPS) is 21.4. The largest absolute Gasteiger partial charge is 0.487 e. The third-order valence-corrected chi connectivity index (χ3v) is 6.94. The number of ether oxygens (including phenoxy) is 2. The fourth-order valence-corrected chi connectivity index (χ4v) is 5.18. The van der Waals surface area contributed by atoms with E-state index in [2.05, 4.69) is 36.9 Å². The number of pyridine rings is 1. The lowest BCUT2D eigenvalue weighted by molar-refractivity contribution is -0.116. The highest BCUT2D eigenvalue weighted by Crippen LogP contribution is 2.54. The van der Waals surface area contributed by atoms with Gasteiger partial charge in [-0.3, -0.25) is 4.79 Å². The number of carbonyl (C=O) groups excluding carboxylic acids is 2. The summed E-state index contributed by atoms with van der Waals surface area (Å²) in [6.45, 7) is 0. The summed E-state index contributed by atoms with van der Waals surface area (Å²) in [5, 5.41) is 8.97. The van der Waals surface area contributed by atoms with E-state index in [9.17, 15) is 9.59 Å². The lowest BCUT2D eigenvalue weighted by Gasteiger charge is -2.19. The second kappa shape index (κ2) is 8.18. The fourth-order valence-electron chi connectivity index (χ4n) is 4.46. The highest BCUT2D eigenvalue weighted by Gasteiger charge is 2.59. The molecule has 172 valence electrons. The molecule has 3 aromatic rings. The Hall–Kier alpha value is -3.30. The Morgan fingerprint density at radius 2 is 2.09 bits per heavy atom. The number of halogens is 2. The number of nitrogens with zero attached hydrogens (tertiary/aromatic N) is 1. The molecular formula is C24H18BrClN4O4. The minimum Gasteiger partial charge on any atom is -0.487 e. The first-order chi connectivity index (χ1) is 16.5. The van der Waals surface area contributed by atoms with Crippen LogP contribution in [0.15, 0.2) is 53.1 Å². The van der Waals surface area contributed by atoms with E-state index in [-0.39, 0.29) is 30.0 Å². The molecule has 3 aliphatic rings. The highest BCUT2D eigenvalue weighted by atomic mass is 79.9. The molecule has 6 rings (SSSR count). The molecule has 0 bridgehead atoms. The molecule has 2 aliphatic heterocycles. The van der Waals surface area contributed by atoms with Crippen molar-refractivity contribution in [3.05, 3.63) is 69.3 Å². The van der Waals surface area contributed by atoms with Crippen molar-refractivity contribution < 1.29 is 19.1 Å². The van der Waals surface area contributed by atoms with Crippen LogP contribution in [0.5, 0.6) is 17.2 Å². The molecule has 1 saturated carbocycles. The lowest BCUT2D eigenvalue weighted by atomic mass is 10.1. The number of fused-ring (bicyclic) bond motifs is 4. The summed E-state index contributed by atoms with van der Waals surface area (Å²) < 4.78 is 13.0. The smallest absolute Gasteiger partial charge is 0.319 e. The van der Waals surface area contributed by atoms with Crippen molar-refractivity contribution in [3.63, 3.8) is 0 Å². The Morgan fingerprint density at radius 1 is 1.21 bits per heavy atom. The average Bonchev–Trinajstić information content (AvgIpc) is 3.32. The van der Waals surface area contributed by atoms with E-state index in [1.807, 2.05) is 24.3 Å². The number of hydrogen-bond acceptors (Lipinski definition) is 5. The van der Waals surface area contributed by atoms with Crippen molar-refractivity contribution in [3.8, 4) is 17.2 Å². The van der Waals surface area contributed by atoms with Crippen LogP contribution in [-0.4, -0.2) is 29.1 Å². The summed E-state index contributed by atoms with van der Waals surface area (Å²) in [6, 6.07) is 12.3. The lowest BCUT2D eigenvalue weighted by Crippen LogP contribution is -2.34. The molecule has 3 N–H and O–H groups in total. The van der Waals surface area contributed by atoms with Gasteiger partial charge in [0.05, 0.1) is 22.7 Å². The van der Waals surface area contributed by atoms with Gasteiger partial charge in [-0.1, -0.05) is 27.5 Å².